The molecule has 0 aliphatic carbocycles. The Hall–Kier alpha value is -2.73. The second-order valence-corrected chi connectivity index (χ2v) is 7.21. The van der Waals surface area contributed by atoms with Crippen LogP contribution in [0, 0.1) is 5.92 Å². The Labute approximate surface area is 166 Å². The standard InChI is InChI=1S/C22H28N4O2/c23-11-5-15-25(16-18-6-2-1-3-7-18)22(28)20-8-4-14-26(17-20)21(27)19-9-12-24-13-10-19/h1-3,6-7,9-10,12-13,20H,4-5,8,11,14-17,23H2. The molecule has 6 heteroatoms. The Bertz CT molecular complexity index is 767. The van der Waals surface area contributed by atoms with Gasteiger partial charge in [-0.1, -0.05) is 30.3 Å². The Morgan fingerprint density at radius 2 is 1.89 bits per heavy atom. The normalized spacial score (nSPS) is 16.6. The summed E-state index contributed by atoms with van der Waals surface area (Å²) in [6.07, 6.45) is 5.66. The number of carbonyl (C=O) groups is 2. The quantitative estimate of drug-likeness (QED) is 0.799. The van der Waals surface area contributed by atoms with Gasteiger partial charge in [0.25, 0.3) is 5.91 Å². The molecule has 2 N–H and O–H groups in total. The van der Waals surface area contributed by atoms with Gasteiger partial charge in [-0.05, 0) is 43.5 Å². The fourth-order valence-electron chi connectivity index (χ4n) is 3.65. The molecule has 1 unspecified atom stereocenters. The van der Waals surface area contributed by atoms with Crippen LogP contribution >= 0.6 is 0 Å². The van der Waals surface area contributed by atoms with E-state index in [1.165, 1.54) is 0 Å². The SMILES string of the molecule is NCCCN(Cc1ccccc1)C(=O)C1CCCN(C(=O)c2ccncc2)C1. The third-order valence-corrected chi connectivity index (χ3v) is 5.15. The minimum atomic E-state index is -0.166. The highest BCUT2D eigenvalue weighted by atomic mass is 16.2. The minimum Gasteiger partial charge on any atom is -0.338 e. The van der Waals surface area contributed by atoms with E-state index >= 15 is 0 Å². The highest BCUT2D eigenvalue weighted by Crippen LogP contribution is 2.22. The van der Waals surface area contributed by atoms with Crippen molar-refractivity contribution in [3.05, 3.63) is 66.0 Å². The number of carbonyl (C=O) groups excluding carboxylic acids is 2. The van der Waals surface area contributed by atoms with E-state index in [1.54, 1.807) is 29.4 Å². The van der Waals surface area contributed by atoms with E-state index in [4.69, 9.17) is 5.73 Å². The molecule has 2 amide bonds. The van der Waals surface area contributed by atoms with E-state index in [0.29, 0.717) is 38.3 Å². The van der Waals surface area contributed by atoms with Gasteiger partial charge in [-0.25, -0.2) is 0 Å². The molecule has 1 aromatic heterocycles. The van der Waals surface area contributed by atoms with Gasteiger partial charge in [0.05, 0.1) is 5.92 Å². The zero-order valence-electron chi connectivity index (χ0n) is 16.2. The topological polar surface area (TPSA) is 79.5 Å². The van der Waals surface area contributed by atoms with Crippen molar-refractivity contribution in [3.8, 4) is 0 Å². The molecule has 1 fully saturated rings. The summed E-state index contributed by atoms with van der Waals surface area (Å²) in [5, 5.41) is 0. The van der Waals surface area contributed by atoms with Crippen molar-refractivity contribution < 1.29 is 9.59 Å². The Morgan fingerprint density at radius 1 is 1.14 bits per heavy atom. The van der Waals surface area contributed by atoms with Crippen molar-refractivity contribution in [2.75, 3.05) is 26.2 Å². The van der Waals surface area contributed by atoms with Gasteiger partial charge in [0.2, 0.25) is 5.91 Å². The predicted molar refractivity (Wildman–Crippen MR) is 108 cm³/mol. The van der Waals surface area contributed by atoms with Crippen LogP contribution in [0.2, 0.25) is 0 Å². The molecule has 2 aromatic rings. The number of likely N-dealkylation sites (tertiary alicyclic amines) is 1. The number of nitrogens with two attached hydrogens (primary N) is 1. The molecule has 0 spiro atoms. The number of piperidine rings is 1. The molecule has 1 saturated heterocycles. The van der Waals surface area contributed by atoms with Crippen molar-refractivity contribution in [2.24, 2.45) is 11.7 Å². The molecule has 0 saturated carbocycles. The summed E-state index contributed by atoms with van der Waals surface area (Å²) < 4.78 is 0. The monoisotopic (exact) mass is 380 g/mol. The van der Waals surface area contributed by atoms with Crippen molar-refractivity contribution in [2.45, 2.75) is 25.8 Å². The fourth-order valence-corrected chi connectivity index (χ4v) is 3.65. The first-order valence-corrected chi connectivity index (χ1v) is 9.91. The van der Waals surface area contributed by atoms with E-state index in [-0.39, 0.29) is 17.7 Å². The van der Waals surface area contributed by atoms with Gasteiger partial charge in [-0.2, -0.15) is 0 Å². The van der Waals surface area contributed by atoms with Crippen LogP contribution in [-0.4, -0.2) is 52.8 Å². The van der Waals surface area contributed by atoms with E-state index < -0.39 is 0 Å². The molecule has 0 bridgehead atoms. The van der Waals surface area contributed by atoms with Crippen molar-refractivity contribution in [1.82, 2.24) is 14.8 Å². The Balaban J connectivity index is 1.68. The predicted octanol–water partition coefficient (Wildman–Crippen LogP) is 2.31. The summed E-state index contributed by atoms with van der Waals surface area (Å²) in [6, 6.07) is 13.4. The maximum Gasteiger partial charge on any atom is 0.253 e. The Morgan fingerprint density at radius 3 is 2.61 bits per heavy atom. The van der Waals surface area contributed by atoms with Crippen molar-refractivity contribution >= 4 is 11.8 Å². The first kappa shape index (κ1) is 20.0. The summed E-state index contributed by atoms with van der Waals surface area (Å²) in [4.78, 5) is 33.7. The zero-order valence-corrected chi connectivity index (χ0v) is 16.2. The van der Waals surface area contributed by atoms with Gasteiger partial charge in [-0.3, -0.25) is 14.6 Å². The second-order valence-electron chi connectivity index (χ2n) is 7.21. The van der Waals surface area contributed by atoms with Gasteiger partial charge in [0.1, 0.15) is 0 Å². The van der Waals surface area contributed by atoms with Crippen LogP contribution in [0.25, 0.3) is 0 Å². The number of nitrogens with zero attached hydrogens (tertiary/aromatic N) is 3. The molecular formula is C22H28N4O2. The van der Waals surface area contributed by atoms with Crippen LogP contribution in [0.15, 0.2) is 54.9 Å². The first-order valence-electron chi connectivity index (χ1n) is 9.91. The average molecular weight is 380 g/mol. The van der Waals surface area contributed by atoms with Crippen LogP contribution < -0.4 is 5.73 Å². The van der Waals surface area contributed by atoms with Crippen LogP contribution in [0.1, 0.15) is 35.2 Å². The largest absolute Gasteiger partial charge is 0.338 e. The van der Waals surface area contributed by atoms with Crippen LogP contribution in [-0.2, 0) is 11.3 Å². The highest BCUT2D eigenvalue weighted by Gasteiger charge is 2.31. The van der Waals surface area contributed by atoms with E-state index in [0.717, 1.165) is 24.8 Å². The summed E-state index contributed by atoms with van der Waals surface area (Å²) in [7, 11) is 0. The van der Waals surface area contributed by atoms with Crippen molar-refractivity contribution in [3.63, 3.8) is 0 Å². The number of hydrogen-bond acceptors (Lipinski definition) is 4. The molecule has 28 heavy (non-hydrogen) atoms. The highest BCUT2D eigenvalue weighted by molar-refractivity contribution is 5.94. The van der Waals surface area contributed by atoms with Crippen LogP contribution in [0.4, 0.5) is 0 Å². The first-order chi connectivity index (χ1) is 13.7. The molecule has 3 rings (SSSR count). The van der Waals surface area contributed by atoms with Gasteiger partial charge in [0, 0.05) is 44.1 Å². The molecule has 1 aliphatic rings. The summed E-state index contributed by atoms with van der Waals surface area (Å²) >= 11 is 0. The summed E-state index contributed by atoms with van der Waals surface area (Å²) in [6.45, 7) is 2.92. The van der Waals surface area contributed by atoms with Crippen LogP contribution in [0.5, 0.6) is 0 Å². The lowest BCUT2D eigenvalue weighted by Gasteiger charge is -2.35. The molecule has 1 aromatic carbocycles. The van der Waals surface area contributed by atoms with E-state index in [1.807, 2.05) is 35.2 Å². The Kier molecular flexibility index (Phi) is 7.14. The number of rotatable bonds is 7. The third-order valence-electron chi connectivity index (χ3n) is 5.15. The molecule has 2 heterocycles. The lowest BCUT2D eigenvalue weighted by Crippen LogP contribution is -2.47. The van der Waals surface area contributed by atoms with Crippen LogP contribution in [0.3, 0.4) is 0 Å². The molecule has 1 aliphatic heterocycles. The maximum atomic E-state index is 13.3. The second kappa shape index (κ2) is 9.99. The number of aromatic nitrogens is 1. The number of benzene rings is 1. The van der Waals surface area contributed by atoms with Gasteiger partial charge in [-0.15, -0.1) is 0 Å². The molecule has 1 atom stereocenters. The van der Waals surface area contributed by atoms with Gasteiger partial charge >= 0.3 is 0 Å². The number of amides is 2. The van der Waals surface area contributed by atoms with Gasteiger partial charge in [0.15, 0.2) is 0 Å². The lowest BCUT2D eigenvalue weighted by molar-refractivity contribution is -0.137. The van der Waals surface area contributed by atoms with E-state index in [2.05, 4.69) is 4.98 Å². The summed E-state index contributed by atoms with van der Waals surface area (Å²) in [5.74, 6) is -0.0815. The smallest absolute Gasteiger partial charge is 0.253 e. The molecule has 6 nitrogen and oxygen atoms in total. The average Bonchev–Trinajstić information content (AvgIpc) is 2.77. The fraction of sp³-hybridized carbons (Fsp3) is 0.409. The third kappa shape index (κ3) is 5.16. The summed E-state index contributed by atoms with van der Waals surface area (Å²) in [5.41, 5.74) is 7.40. The van der Waals surface area contributed by atoms with Gasteiger partial charge < -0.3 is 15.5 Å². The number of pyridine rings is 1. The van der Waals surface area contributed by atoms with E-state index in [9.17, 15) is 9.59 Å². The number of hydrogen-bond donors (Lipinski definition) is 1. The molecule has 148 valence electrons. The lowest BCUT2D eigenvalue weighted by atomic mass is 9.95. The van der Waals surface area contributed by atoms with Crippen molar-refractivity contribution in [1.29, 1.82) is 0 Å². The molecule has 0 radical (unpaired) electrons. The zero-order chi connectivity index (χ0) is 19.8. The minimum absolute atomic E-state index is 0.0310. The maximum absolute atomic E-state index is 13.3. The molecular weight excluding hydrogens is 352 g/mol.